The van der Waals surface area contributed by atoms with Crippen LogP contribution in [-0.4, -0.2) is 26.0 Å². The van der Waals surface area contributed by atoms with Crippen LogP contribution in [0.25, 0.3) is 10.8 Å². The first-order chi connectivity index (χ1) is 8.02. The van der Waals surface area contributed by atoms with Crippen LogP contribution >= 0.6 is 23.2 Å². The van der Waals surface area contributed by atoms with E-state index in [9.17, 15) is 0 Å². The van der Waals surface area contributed by atoms with Gasteiger partial charge in [0.1, 0.15) is 4.84 Å². The molecule has 0 fully saturated rings. The van der Waals surface area contributed by atoms with E-state index in [0.29, 0.717) is 0 Å². The molecule has 2 aromatic rings. The van der Waals surface area contributed by atoms with Crippen molar-refractivity contribution in [1.29, 1.82) is 0 Å². The SMILES string of the molecule is CN(C)C.ClC(Cl)c1cccc2ccccc12. The van der Waals surface area contributed by atoms with Gasteiger partial charge in [-0.2, -0.15) is 0 Å². The molecule has 0 aliphatic heterocycles. The van der Waals surface area contributed by atoms with Gasteiger partial charge in [-0.3, -0.25) is 0 Å². The van der Waals surface area contributed by atoms with E-state index < -0.39 is 4.84 Å². The third-order valence-corrected chi connectivity index (χ3v) is 2.53. The molecule has 0 N–H and O–H groups in total. The molecular formula is C14H17Cl2N. The van der Waals surface area contributed by atoms with Crippen LogP contribution in [-0.2, 0) is 0 Å². The van der Waals surface area contributed by atoms with E-state index in [4.69, 9.17) is 23.2 Å². The molecule has 2 aromatic carbocycles. The van der Waals surface area contributed by atoms with Crippen molar-refractivity contribution in [2.45, 2.75) is 4.84 Å². The number of alkyl halides is 2. The Morgan fingerprint density at radius 1 is 0.882 bits per heavy atom. The lowest BCUT2D eigenvalue weighted by atomic mass is 10.1. The van der Waals surface area contributed by atoms with E-state index in [1.54, 1.807) is 0 Å². The van der Waals surface area contributed by atoms with Crippen molar-refractivity contribution < 1.29 is 0 Å². The average molecular weight is 270 g/mol. The van der Waals surface area contributed by atoms with Crippen molar-refractivity contribution in [3.63, 3.8) is 0 Å². The Bertz CT molecular complexity index is 458. The highest BCUT2D eigenvalue weighted by molar-refractivity contribution is 6.44. The van der Waals surface area contributed by atoms with Gasteiger partial charge in [0.15, 0.2) is 0 Å². The molecule has 0 bridgehead atoms. The van der Waals surface area contributed by atoms with E-state index in [2.05, 4.69) is 12.1 Å². The molecule has 92 valence electrons. The molecule has 2 rings (SSSR count). The van der Waals surface area contributed by atoms with Crippen molar-refractivity contribution in [3.05, 3.63) is 48.0 Å². The minimum Gasteiger partial charge on any atom is -0.312 e. The highest BCUT2D eigenvalue weighted by Gasteiger charge is 2.06. The predicted molar refractivity (Wildman–Crippen MR) is 78.0 cm³/mol. The number of benzene rings is 2. The number of halogens is 2. The lowest BCUT2D eigenvalue weighted by Gasteiger charge is -2.05. The molecule has 0 spiro atoms. The summed E-state index contributed by atoms with van der Waals surface area (Å²) < 4.78 is 0. The van der Waals surface area contributed by atoms with Gasteiger partial charge in [0.25, 0.3) is 0 Å². The van der Waals surface area contributed by atoms with Crippen LogP contribution in [0, 0.1) is 0 Å². The highest BCUT2D eigenvalue weighted by Crippen LogP contribution is 2.30. The average Bonchev–Trinajstić information content (AvgIpc) is 2.27. The molecule has 0 aliphatic carbocycles. The molecule has 1 nitrogen and oxygen atoms in total. The summed E-state index contributed by atoms with van der Waals surface area (Å²) >= 11 is 11.7. The summed E-state index contributed by atoms with van der Waals surface area (Å²) in [5, 5.41) is 2.30. The number of fused-ring (bicyclic) bond motifs is 1. The van der Waals surface area contributed by atoms with E-state index in [0.717, 1.165) is 10.9 Å². The van der Waals surface area contributed by atoms with Gasteiger partial charge in [0, 0.05) is 0 Å². The van der Waals surface area contributed by atoms with E-state index >= 15 is 0 Å². The normalized spacial score (nSPS) is 10.5. The fourth-order valence-electron chi connectivity index (χ4n) is 1.44. The summed E-state index contributed by atoms with van der Waals surface area (Å²) in [4.78, 5) is 1.55. The predicted octanol–water partition coefficient (Wildman–Crippen LogP) is 4.49. The molecular weight excluding hydrogens is 253 g/mol. The molecule has 0 radical (unpaired) electrons. The van der Waals surface area contributed by atoms with Gasteiger partial charge in [0.2, 0.25) is 0 Å². The number of nitrogens with zero attached hydrogens (tertiary/aromatic N) is 1. The maximum Gasteiger partial charge on any atom is 0.133 e. The van der Waals surface area contributed by atoms with Crippen molar-refractivity contribution in [2.24, 2.45) is 0 Å². The molecule has 0 aromatic heterocycles. The fraction of sp³-hybridized carbons (Fsp3) is 0.286. The van der Waals surface area contributed by atoms with Crippen LogP contribution in [0.15, 0.2) is 42.5 Å². The molecule has 17 heavy (non-hydrogen) atoms. The zero-order valence-electron chi connectivity index (χ0n) is 10.3. The first-order valence-electron chi connectivity index (χ1n) is 5.39. The molecule has 0 amide bonds. The first kappa shape index (κ1) is 14.3. The zero-order chi connectivity index (χ0) is 12.8. The molecule has 0 atom stereocenters. The lowest BCUT2D eigenvalue weighted by Crippen LogP contribution is -1.99. The van der Waals surface area contributed by atoms with Crippen LogP contribution < -0.4 is 0 Å². The highest BCUT2D eigenvalue weighted by atomic mass is 35.5. The second-order valence-corrected chi connectivity index (χ2v) is 5.31. The van der Waals surface area contributed by atoms with E-state index in [-0.39, 0.29) is 0 Å². The monoisotopic (exact) mass is 269 g/mol. The largest absolute Gasteiger partial charge is 0.312 e. The number of hydrogen-bond acceptors (Lipinski definition) is 1. The lowest BCUT2D eigenvalue weighted by molar-refractivity contribution is 0.505. The van der Waals surface area contributed by atoms with Crippen molar-refractivity contribution in [2.75, 3.05) is 21.1 Å². The standard InChI is InChI=1S/C11H8Cl2.C3H9N/c12-11(13)10-7-3-5-8-4-1-2-6-9(8)10;1-4(2)3/h1-7,11H;1-3H3. The van der Waals surface area contributed by atoms with Crippen LogP contribution in [0.3, 0.4) is 0 Å². The summed E-state index contributed by atoms with van der Waals surface area (Å²) in [6, 6.07) is 14.0. The van der Waals surface area contributed by atoms with Gasteiger partial charge in [-0.25, -0.2) is 0 Å². The van der Waals surface area contributed by atoms with Gasteiger partial charge in [-0.1, -0.05) is 42.5 Å². The van der Waals surface area contributed by atoms with Crippen LogP contribution in [0.5, 0.6) is 0 Å². The molecule has 3 heteroatoms. The summed E-state index contributed by atoms with van der Waals surface area (Å²) in [7, 11) is 6.00. The van der Waals surface area contributed by atoms with E-state index in [1.165, 1.54) is 5.39 Å². The Labute approximate surface area is 113 Å². The Morgan fingerprint density at radius 2 is 1.41 bits per heavy atom. The van der Waals surface area contributed by atoms with E-state index in [1.807, 2.05) is 56.4 Å². The topological polar surface area (TPSA) is 3.24 Å². The smallest absolute Gasteiger partial charge is 0.133 e. The van der Waals surface area contributed by atoms with Crippen LogP contribution in [0.1, 0.15) is 10.4 Å². The molecule has 0 aliphatic rings. The van der Waals surface area contributed by atoms with Crippen molar-refractivity contribution in [3.8, 4) is 0 Å². The van der Waals surface area contributed by atoms with Gasteiger partial charge in [-0.05, 0) is 37.5 Å². The second kappa shape index (κ2) is 6.85. The van der Waals surface area contributed by atoms with Crippen molar-refractivity contribution in [1.82, 2.24) is 4.90 Å². The second-order valence-electron chi connectivity index (χ2n) is 4.21. The maximum atomic E-state index is 5.85. The number of rotatable bonds is 1. The third-order valence-electron chi connectivity index (χ3n) is 2.06. The molecule has 0 saturated carbocycles. The Hall–Kier alpha value is -0.760. The fourth-order valence-corrected chi connectivity index (χ4v) is 1.82. The Balaban J connectivity index is 0.000000317. The summed E-state index contributed by atoms with van der Waals surface area (Å²) in [6.45, 7) is 0. The summed E-state index contributed by atoms with van der Waals surface area (Å²) in [5.41, 5.74) is 0.974. The van der Waals surface area contributed by atoms with Crippen molar-refractivity contribution >= 4 is 34.0 Å². The van der Waals surface area contributed by atoms with Crippen LogP contribution in [0.4, 0.5) is 0 Å². The molecule has 0 unspecified atom stereocenters. The third kappa shape index (κ3) is 4.55. The van der Waals surface area contributed by atoms with Crippen LogP contribution in [0.2, 0.25) is 0 Å². The molecule has 0 heterocycles. The Kier molecular flexibility index (Phi) is 5.76. The van der Waals surface area contributed by atoms with Gasteiger partial charge >= 0.3 is 0 Å². The summed E-state index contributed by atoms with van der Waals surface area (Å²) in [5.74, 6) is 0. The minimum absolute atomic E-state index is 0.453. The Morgan fingerprint density at radius 3 is 2.00 bits per heavy atom. The summed E-state index contributed by atoms with van der Waals surface area (Å²) in [6.07, 6.45) is 0. The quantitative estimate of drug-likeness (QED) is 0.690. The van der Waals surface area contributed by atoms with Gasteiger partial charge in [-0.15, -0.1) is 23.2 Å². The first-order valence-corrected chi connectivity index (χ1v) is 6.26. The molecule has 0 saturated heterocycles. The zero-order valence-corrected chi connectivity index (χ0v) is 11.8. The maximum absolute atomic E-state index is 5.85. The van der Waals surface area contributed by atoms with Gasteiger partial charge in [0.05, 0.1) is 0 Å². The minimum atomic E-state index is -0.453. The number of hydrogen-bond donors (Lipinski definition) is 0. The van der Waals surface area contributed by atoms with Gasteiger partial charge < -0.3 is 4.90 Å².